The fraction of sp³-hybridized carbons (Fsp3) is 0.440. The van der Waals surface area contributed by atoms with E-state index in [0.717, 1.165) is 43.1 Å². The molecule has 1 heterocycles. The van der Waals surface area contributed by atoms with Gasteiger partial charge in [-0.05, 0) is 42.0 Å². The van der Waals surface area contributed by atoms with Crippen molar-refractivity contribution in [2.24, 2.45) is 5.92 Å². The summed E-state index contributed by atoms with van der Waals surface area (Å²) in [6, 6.07) is 15.9. The van der Waals surface area contributed by atoms with Gasteiger partial charge in [-0.15, -0.1) is 0 Å². The van der Waals surface area contributed by atoms with Crippen molar-refractivity contribution < 1.29 is 22.7 Å². The van der Waals surface area contributed by atoms with E-state index in [0.29, 0.717) is 18.8 Å². The Bertz CT molecular complexity index is 1060. The fourth-order valence-corrected chi connectivity index (χ4v) is 5.47. The molecule has 170 valence electrons. The van der Waals surface area contributed by atoms with Crippen LogP contribution in [0.1, 0.15) is 49.1 Å². The lowest BCUT2D eigenvalue weighted by molar-refractivity contribution is -0.131. The number of hydrogen-bond acceptors (Lipinski definition) is 5. The van der Waals surface area contributed by atoms with E-state index in [1.807, 2.05) is 30.3 Å². The van der Waals surface area contributed by atoms with Gasteiger partial charge in [0.15, 0.2) is 9.84 Å². The molecule has 0 aromatic heterocycles. The first-order valence-corrected chi connectivity index (χ1v) is 13.1. The number of hydrogen-bond donors (Lipinski definition) is 0. The van der Waals surface area contributed by atoms with Crippen LogP contribution in [-0.2, 0) is 25.8 Å². The number of imide groups is 1. The van der Waals surface area contributed by atoms with E-state index in [2.05, 4.69) is 0 Å². The molecule has 0 radical (unpaired) electrons. The van der Waals surface area contributed by atoms with E-state index < -0.39 is 21.8 Å². The zero-order valence-electron chi connectivity index (χ0n) is 18.3. The number of carbonyl (C=O) groups excluding carboxylic acids is 2. The van der Waals surface area contributed by atoms with Crippen LogP contribution in [0.25, 0.3) is 0 Å². The molecule has 1 aliphatic carbocycles. The summed E-state index contributed by atoms with van der Waals surface area (Å²) < 4.78 is 29.0. The zero-order chi connectivity index (χ0) is 22.7. The molecule has 1 aliphatic heterocycles. The third-order valence-corrected chi connectivity index (χ3v) is 7.69. The molecule has 2 aromatic carbocycles. The topological polar surface area (TPSA) is 80.8 Å². The molecule has 2 atom stereocenters. The quantitative estimate of drug-likeness (QED) is 0.620. The first-order chi connectivity index (χ1) is 15.3. The number of rotatable bonds is 7. The number of sulfone groups is 1. The highest BCUT2D eigenvalue weighted by atomic mass is 32.2. The van der Waals surface area contributed by atoms with Crippen molar-refractivity contribution in [1.82, 2.24) is 4.90 Å². The second-order valence-electron chi connectivity index (χ2n) is 8.91. The Morgan fingerprint density at radius 2 is 1.72 bits per heavy atom. The van der Waals surface area contributed by atoms with Gasteiger partial charge in [-0.2, -0.15) is 0 Å². The van der Waals surface area contributed by atoms with E-state index in [-0.39, 0.29) is 23.5 Å². The first kappa shape index (κ1) is 22.5. The summed E-state index contributed by atoms with van der Waals surface area (Å²) in [7, 11) is -3.33. The number of ether oxygens (including phenoxy) is 1. The monoisotopic (exact) mass is 455 g/mol. The highest BCUT2D eigenvalue weighted by Crippen LogP contribution is 2.36. The van der Waals surface area contributed by atoms with Gasteiger partial charge in [0.2, 0.25) is 5.91 Å². The van der Waals surface area contributed by atoms with Gasteiger partial charge < -0.3 is 4.74 Å². The fourth-order valence-electron chi connectivity index (χ4n) is 4.84. The lowest BCUT2D eigenvalue weighted by Crippen LogP contribution is -2.43. The molecule has 0 bridgehead atoms. The molecule has 6 nitrogen and oxygen atoms in total. The normalized spacial score (nSPS) is 20.3. The molecule has 0 N–H and O–H groups in total. The minimum Gasteiger partial charge on any atom is -0.447 e. The smallest absolute Gasteiger partial charge is 0.417 e. The largest absolute Gasteiger partial charge is 0.447 e. The minimum atomic E-state index is -3.33. The van der Waals surface area contributed by atoms with Gasteiger partial charge >= 0.3 is 6.09 Å². The number of cyclic esters (lactones) is 1. The second kappa shape index (κ2) is 9.45. The molecule has 0 spiro atoms. The van der Waals surface area contributed by atoms with E-state index >= 15 is 0 Å². The number of benzene rings is 2. The highest BCUT2D eigenvalue weighted by molar-refractivity contribution is 7.90. The van der Waals surface area contributed by atoms with E-state index in [4.69, 9.17) is 4.74 Å². The second-order valence-corrected chi connectivity index (χ2v) is 10.9. The molecule has 2 fully saturated rings. The van der Waals surface area contributed by atoms with Gasteiger partial charge in [0.25, 0.3) is 0 Å². The summed E-state index contributed by atoms with van der Waals surface area (Å²) in [5, 5.41) is 0. The van der Waals surface area contributed by atoms with Crippen molar-refractivity contribution in [1.29, 1.82) is 0 Å². The maximum Gasteiger partial charge on any atom is 0.417 e. The summed E-state index contributed by atoms with van der Waals surface area (Å²) in [4.78, 5) is 27.8. The van der Waals surface area contributed by atoms with Crippen LogP contribution in [0.15, 0.2) is 59.5 Å². The lowest BCUT2D eigenvalue weighted by atomic mass is 9.86. The van der Waals surface area contributed by atoms with Gasteiger partial charge in [-0.1, -0.05) is 68.1 Å². The Labute approximate surface area is 189 Å². The molecule has 1 saturated heterocycles. The van der Waals surface area contributed by atoms with Gasteiger partial charge in [-0.3, -0.25) is 4.79 Å². The van der Waals surface area contributed by atoms with Crippen molar-refractivity contribution in [3.05, 3.63) is 65.7 Å². The van der Waals surface area contributed by atoms with Gasteiger partial charge in [0.1, 0.15) is 6.61 Å². The van der Waals surface area contributed by atoms with Crippen LogP contribution in [-0.4, -0.2) is 44.2 Å². The molecular formula is C25H29NO5S. The number of carbonyl (C=O) groups is 2. The van der Waals surface area contributed by atoms with Crippen molar-refractivity contribution in [2.75, 3.05) is 12.9 Å². The standard InChI is InChI=1S/C25H29NO5S/c1-32(29,30)22-13-11-20(12-14-22)23(16-19-9-5-6-10-19)24(27)26-21(17-31-25(26)28)15-18-7-3-2-4-8-18/h2-4,7-8,11-14,19,21,23H,5-6,9-10,15-17H2,1H3/t21-,23?/m0/s1. The minimum absolute atomic E-state index is 0.183. The maximum atomic E-state index is 13.7. The van der Waals surface area contributed by atoms with Gasteiger partial charge in [-0.25, -0.2) is 18.1 Å². The molecule has 1 saturated carbocycles. The Kier molecular flexibility index (Phi) is 6.65. The van der Waals surface area contributed by atoms with E-state index in [9.17, 15) is 18.0 Å². The predicted molar refractivity (Wildman–Crippen MR) is 121 cm³/mol. The van der Waals surface area contributed by atoms with Crippen LogP contribution < -0.4 is 0 Å². The third-order valence-electron chi connectivity index (χ3n) is 6.57. The number of nitrogens with zero attached hydrogens (tertiary/aromatic N) is 1. The number of amides is 2. The summed E-state index contributed by atoms with van der Waals surface area (Å²) in [5.41, 5.74) is 1.78. The Morgan fingerprint density at radius 3 is 2.34 bits per heavy atom. The van der Waals surface area contributed by atoms with Crippen molar-refractivity contribution in [2.45, 2.75) is 55.4 Å². The molecule has 2 amide bonds. The Hall–Kier alpha value is -2.67. The van der Waals surface area contributed by atoms with Crippen molar-refractivity contribution in [3.63, 3.8) is 0 Å². The summed E-state index contributed by atoms with van der Waals surface area (Å²) in [6.45, 7) is 0.183. The Balaban J connectivity index is 1.61. The van der Waals surface area contributed by atoms with Gasteiger partial charge in [0.05, 0.1) is 16.9 Å². The summed E-state index contributed by atoms with van der Waals surface area (Å²) >= 11 is 0. The van der Waals surface area contributed by atoms with E-state index in [1.165, 1.54) is 4.90 Å². The van der Waals surface area contributed by atoms with Crippen LogP contribution in [0.5, 0.6) is 0 Å². The average Bonchev–Trinajstić information content (AvgIpc) is 3.41. The van der Waals surface area contributed by atoms with Crippen LogP contribution in [0, 0.1) is 5.92 Å². The maximum absolute atomic E-state index is 13.7. The van der Waals surface area contributed by atoms with E-state index in [1.54, 1.807) is 24.3 Å². The zero-order valence-corrected chi connectivity index (χ0v) is 19.1. The van der Waals surface area contributed by atoms with Crippen LogP contribution in [0.2, 0.25) is 0 Å². The van der Waals surface area contributed by atoms with Crippen molar-refractivity contribution >= 4 is 21.8 Å². The van der Waals surface area contributed by atoms with Crippen molar-refractivity contribution in [3.8, 4) is 0 Å². The molecule has 2 aromatic rings. The van der Waals surface area contributed by atoms with Crippen LogP contribution >= 0.6 is 0 Å². The van der Waals surface area contributed by atoms with Crippen LogP contribution in [0.4, 0.5) is 4.79 Å². The molecule has 4 rings (SSSR count). The highest BCUT2D eigenvalue weighted by Gasteiger charge is 2.42. The SMILES string of the molecule is CS(=O)(=O)c1ccc(C(CC2CCCC2)C(=O)N2C(=O)OC[C@@H]2Cc2ccccc2)cc1. The first-order valence-electron chi connectivity index (χ1n) is 11.2. The molecule has 7 heteroatoms. The molecule has 1 unspecified atom stereocenters. The van der Waals surface area contributed by atoms with Crippen LogP contribution in [0.3, 0.4) is 0 Å². The Morgan fingerprint density at radius 1 is 1.06 bits per heavy atom. The van der Waals surface area contributed by atoms with Gasteiger partial charge in [0, 0.05) is 6.26 Å². The molecule has 2 aliphatic rings. The summed E-state index contributed by atoms with van der Waals surface area (Å²) in [5.74, 6) is -0.340. The average molecular weight is 456 g/mol. The third kappa shape index (κ3) is 5.04. The summed E-state index contributed by atoms with van der Waals surface area (Å²) in [6.07, 6.45) is 6.21. The molecule has 32 heavy (non-hydrogen) atoms. The predicted octanol–water partition coefficient (Wildman–Crippen LogP) is 4.34. The lowest BCUT2D eigenvalue weighted by Gasteiger charge is -2.27. The molecular weight excluding hydrogens is 426 g/mol.